The van der Waals surface area contributed by atoms with Gasteiger partial charge in [0.1, 0.15) is 5.75 Å². The number of aromatic hydroxyl groups is 1. The van der Waals surface area contributed by atoms with Gasteiger partial charge in [0.25, 0.3) is 0 Å². The van der Waals surface area contributed by atoms with Crippen LogP contribution in [0.25, 0.3) is 0 Å². The summed E-state index contributed by atoms with van der Waals surface area (Å²) in [5, 5.41) is 10.7. The Morgan fingerprint density at radius 3 is 1.96 bits per heavy atom. The monoisotopic (exact) mass is 373 g/mol. The van der Waals surface area contributed by atoms with Crippen LogP contribution in [0.4, 0.5) is 0 Å². The average molecular weight is 373 g/mol. The molecule has 1 atom stereocenters. The predicted octanol–water partition coefficient (Wildman–Crippen LogP) is 4.31. The normalized spacial score (nSPS) is 13.0. The fourth-order valence-electron chi connectivity index (χ4n) is 2.17. The van der Waals surface area contributed by atoms with E-state index in [1.807, 2.05) is 53.7 Å². The molecule has 0 bridgehead atoms. The molecule has 1 aromatic carbocycles. The van der Waals surface area contributed by atoms with Gasteiger partial charge in [-0.15, -0.1) is 21.2 Å². The van der Waals surface area contributed by atoms with Crippen LogP contribution in [0, 0.1) is 0 Å². The van der Waals surface area contributed by atoms with E-state index < -0.39 is 8.25 Å². The van der Waals surface area contributed by atoms with Gasteiger partial charge in [0.15, 0.2) is 12.4 Å². The van der Waals surface area contributed by atoms with Gasteiger partial charge in [0.2, 0.25) is 0 Å². The van der Waals surface area contributed by atoms with Crippen LogP contribution in [0.3, 0.4) is 0 Å². The Bertz CT molecular complexity index is 594. The van der Waals surface area contributed by atoms with Gasteiger partial charge in [-0.2, -0.15) is 0 Å². The van der Waals surface area contributed by atoms with E-state index in [1.165, 1.54) is 11.8 Å². The standard InChI is InChI=1S/C17H25O5PS/c1-16(2,3)13-7-12(8-14(15(13)19)17(4,5)6)24-10-11(18)9-22-23(20)21/h7-8H,9-10H2,1-6H3,(H-,19,20,21)/p+1. The number of carbonyl (C=O) groups excluding carboxylic acids is 1. The number of rotatable bonds is 6. The SMILES string of the molecule is CC(C)(C)c1cc(SCC(=O)CO[P+](=O)O)cc(C(C)(C)C)c1O. The van der Waals surface area contributed by atoms with Crippen LogP contribution in [0.1, 0.15) is 52.7 Å². The predicted molar refractivity (Wildman–Crippen MR) is 97.0 cm³/mol. The van der Waals surface area contributed by atoms with Crippen molar-refractivity contribution in [3.05, 3.63) is 23.3 Å². The smallest absolute Gasteiger partial charge is 0.507 e. The first-order valence-corrected chi connectivity index (χ1v) is 9.75. The highest BCUT2D eigenvalue weighted by Gasteiger charge is 2.27. The van der Waals surface area contributed by atoms with Crippen LogP contribution in [0.2, 0.25) is 0 Å². The summed E-state index contributed by atoms with van der Waals surface area (Å²) in [7, 11) is -2.76. The lowest BCUT2D eigenvalue weighted by molar-refractivity contribution is -0.118. The van der Waals surface area contributed by atoms with Gasteiger partial charge in [-0.3, -0.25) is 4.79 Å². The Kier molecular flexibility index (Phi) is 7.00. The zero-order valence-electron chi connectivity index (χ0n) is 15.0. The van der Waals surface area contributed by atoms with E-state index in [2.05, 4.69) is 4.52 Å². The zero-order valence-corrected chi connectivity index (χ0v) is 16.8. The van der Waals surface area contributed by atoms with Crippen molar-refractivity contribution in [3.8, 4) is 5.75 Å². The quantitative estimate of drug-likeness (QED) is 0.571. The van der Waals surface area contributed by atoms with Crippen LogP contribution in [0.5, 0.6) is 5.75 Å². The van der Waals surface area contributed by atoms with Gasteiger partial charge in [-0.25, -0.2) is 0 Å². The Labute approximate surface area is 148 Å². The maximum atomic E-state index is 11.7. The topological polar surface area (TPSA) is 83.8 Å². The van der Waals surface area contributed by atoms with Crippen molar-refractivity contribution < 1.29 is 23.9 Å². The van der Waals surface area contributed by atoms with E-state index in [1.54, 1.807) is 0 Å². The minimum absolute atomic E-state index is 0.140. The molecule has 134 valence electrons. The molecule has 0 amide bonds. The fraction of sp³-hybridized carbons (Fsp3) is 0.588. The summed E-state index contributed by atoms with van der Waals surface area (Å²) in [4.78, 5) is 21.2. The van der Waals surface area contributed by atoms with Crippen LogP contribution >= 0.6 is 20.0 Å². The maximum absolute atomic E-state index is 11.7. The molecule has 0 heterocycles. The van der Waals surface area contributed by atoms with Crippen molar-refractivity contribution in [2.24, 2.45) is 0 Å². The minimum Gasteiger partial charge on any atom is -0.507 e. The van der Waals surface area contributed by atoms with Gasteiger partial charge < -0.3 is 5.11 Å². The molecule has 0 saturated heterocycles. The molecule has 0 fully saturated rings. The molecular formula is C17H26O5PS+. The van der Waals surface area contributed by atoms with E-state index in [0.717, 1.165) is 16.0 Å². The number of thioether (sulfide) groups is 1. The number of phenols is 1. The molecule has 0 aromatic heterocycles. The number of Topliss-reactive ketones (excluding diaryl/α,β-unsaturated/α-hetero) is 1. The number of ketones is 1. The molecular weight excluding hydrogens is 347 g/mol. The molecule has 24 heavy (non-hydrogen) atoms. The second-order valence-corrected chi connectivity index (χ2v) is 9.49. The average Bonchev–Trinajstić information content (AvgIpc) is 2.41. The Morgan fingerprint density at radius 1 is 1.12 bits per heavy atom. The van der Waals surface area contributed by atoms with E-state index in [-0.39, 0.29) is 29.0 Å². The summed E-state index contributed by atoms with van der Waals surface area (Å²) in [5.74, 6) is 0.174. The van der Waals surface area contributed by atoms with Gasteiger partial charge in [0.05, 0.1) is 5.75 Å². The molecule has 1 rings (SSSR count). The van der Waals surface area contributed by atoms with Gasteiger partial charge in [-0.05, 0) is 23.0 Å². The van der Waals surface area contributed by atoms with Crippen LogP contribution in [-0.4, -0.2) is 28.1 Å². The Balaban J connectivity index is 3.07. The summed E-state index contributed by atoms with van der Waals surface area (Å²) < 4.78 is 14.9. The van der Waals surface area contributed by atoms with Crippen molar-refractivity contribution in [1.29, 1.82) is 0 Å². The molecule has 0 aliphatic rings. The fourth-order valence-corrected chi connectivity index (χ4v) is 3.24. The largest absolute Gasteiger partial charge is 0.695 e. The third-order valence-electron chi connectivity index (χ3n) is 3.44. The lowest BCUT2D eigenvalue weighted by Gasteiger charge is -2.28. The van der Waals surface area contributed by atoms with Gasteiger partial charge in [0, 0.05) is 20.6 Å². The number of carbonyl (C=O) groups is 1. The van der Waals surface area contributed by atoms with E-state index >= 15 is 0 Å². The molecule has 7 heteroatoms. The summed E-state index contributed by atoms with van der Waals surface area (Å²) >= 11 is 1.33. The first kappa shape index (κ1) is 21.1. The molecule has 0 saturated carbocycles. The molecule has 1 aromatic rings. The van der Waals surface area contributed by atoms with Crippen LogP contribution in [-0.2, 0) is 24.7 Å². The first-order chi connectivity index (χ1) is 10.8. The van der Waals surface area contributed by atoms with Crippen molar-refractivity contribution in [1.82, 2.24) is 0 Å². The van der Waals surface area contributed by atoms with E-state index in [4.69, 9.17) is 4.89 Å². The third-order valence-corrected chi connectivity index (χ3v) is 4.82. The molecule has 5 nitrogen and oxygen atoms in total. The molecule has 0 spiro atoms. The molecule has 1 unspecified atom stereocenters. The highest BCUT2D eigenvalue weighted by atomic mass is 32.2. The van der Waals surface area contributed by atoms with Gasteiger partial charge >= 0.3 is 8.25 Å². The van der Waals surface area contributed by atoms with E-state index in [9.17, 15) is 14.5 Å². The van der Waals surface area contributed by atoms with Crippen molar-refractivity contribution in [2.75, 3.05) is 12.4 Å². The second-order valence-electron chi connectivity index (χ2n) is 7.71. The zero-order chi connectivity index (χ0) is 18.7. The lowest BCUT2D eigenvalue weighted by Crippen LogP contribution is -2.17. The summed E-state index contributed by atoms with van der Waals surface area (Å²) in [6.07, 6.45) is 0. The summed E-state index contributed by atoms with van der Waals surface area (Å²) in [6.45, 7) is 11.8. The lowest BCUT2D eigenvalue weighted by atomic mass is 9.79. The Hall–Kier alpha value is -0.940. The minimum atomic E-state index is -2.76. The Morgan fingerprint density at radius 2 is 1.58 bits per heavy atom. The van der Waals surface area contributed by atoms with Crippen LogP contribution in [0.15, 0.2) is 17.0 Å². The van der Waals surface area contributed by atoms with Crippen molar-refractivity contribution in [3.63, 3.8) is 0 Å². The second kappa shape index (κ2) is 7.96. The molecule has 0 radical (unpaired) electrons. The number of hydrogen-bond acceptors (Lipinski definition) is 5. The summed E-state index contributed by atoms with van der Waals surface area (Å²) in [6, 6.07) is 3.80. The molecule has 0 aliphatic carbocycles. The van der Waals surface area contributed by atoms with Crippen molar-refractivity contribution in [2.45, 2.75) is 57.3 Å². The number of phenolic OH excluding ortho intramolecular Hbond substituents is 1. The number of hydrogen-bond donors (Lipinski definition) is 2. The highest BCUT2D eigenvalue weighted by molar-refractivity contribution is 8.00. The van der Waals surface area contributed by atoms with E-state index in [0.29, 0.717) is 5.75 Å². The first-order valence-electron chi connectivity index (χ1n) is 7.64. The molecule has 2 N–H and O–H groups in total. The highest BCUT2D eigenvalue weighted by Crippen LogP contribution is 2.41. The number of benzene rings is 1. The summed E-state index contributed by atoms with van der Waals surface area (Å²) in [5.41, 5.74) is 1.20. The van der Waals surface area contributed by atoms with Crippen LogP contribution < -0.4 is 0 Å². The molecule has 0 aliphatic heterocycles. The maximum Gasteiger partial charge on any atom is 0.695 e. The van der Waals surface area contributed by atoms with Crippen molar-refractivity contribution >= 4 is 25.8 Å². The van der Waals surface area contributed by atoms with Gasteiger partial charge in [-0.1, -0.05) is 41.5 Å². The third kappa shape index (κ3) is 6.17.